The molecule has 0 radical (unpaired) electrons. The van der Waals surface area contributed by atoms with Crippen LogP contribution in [0.3, 0.4) is 0 Å². The second-order valence-electron chi connectivity index (χ2n) is 4.32. The average Bonchev–Trinajstić information content (AvgIpc) is 2.48. The van der Waals surface area contributed by atoms with Crippen molar-refractivity contribution < 1.29 is 18.8 Å². The maximum atomic E-state index is 13.4. The Hall–Kier alpha value is -2.76. The number of Topliss-reactive ketones (excluding diaryl/α,β-unsaturated/α-hetero) is 1. The quantitative estimate of drug-likeness (QED) is 0.605. The summed E-state index contributed by atoms with van der Waals surface area (Å²) < 4.78 is 18.6. The molecule has 2 rings (SSSR count). The van der Waals surface area contributed by atoms with Gasteiger partial charge >= 0.3 is 5.69 Å². The predicted molar refractivity (Wildman–Crippen MR) is 73.7 cm³/mol. The molecule has 0 atom stereocenters. The van der Waals surface area contributed by atoms with Gasteiger partial charge in [-0.15, -0.1) is 0 Å². The van der Waals surface area contributed by atoms with Crippen molar-refractivity contribution in [3.63, 3.8) is 0 Å². The number of ketones is 1. The molecular formula is C15H12FNO4. The van der Waals surface area contributed by atoms with Gasteiger partial charge < -0.3 is 4.74 Å². The molecule has 0 amide bonds. The molecule has 0 spiro atoms. The Bertz CT molecular complexity index is 672. The highest BCUT2D eigenvalue weighted by atomic mass is 19.1. The standard InChI is InChI=1S/C15H12FNO4/c16-13-6-2-1-5-11(13)9-12(18)10-21-15-8-4-3-7-14(15)17(19)20/h1-8H,9-10H2. The maximum absolute atomic E-state index is 13.4. The molecule has 0 saturated carbocycles. The molecule has 0 bridgehead atoms. The fourth-order valence-electron chi connectivity index (χ4n) is 1.79. The number of carbonyl (C=O) groups excluding carboxylic acids is 1. The number of halogens is 1. The normalized spacial score (nSPS) is 10.1. The zero-order valence-corrected chi connectivity index (χ0v) is 11.0. The van der Waals surface area contributed by atoms with Crippen LogP contribution in [-0.2, 0) is 11.2 Å². The Kier molecular flexibility index (Phi) is 4.61. The van der Waals surface area contributed by atoms with Crippen LogP contribution in [-0.4, -0.2) is 17.3 Å². The van der Waals surface area contributed by atoms with Gasteiger partial charge in [0.2, 0.25) is 0 Å². The van der Waals surface area contributed by atoms with Crippen LogP contribution in [0.2, 0.25) is 0 Å². The average molecular weight is 289 g/mol. The van der Waals surface area contributed by atoms with Gasteiger partial charge in [0, 0.05) is 12.5 Å². The summed E-state index contributed by atoms with van der Waals surface area (Å²) in [6.07, 6.45) is -0.118. The summed E-state index contributed by atoms with van der Waals surface area (Å²) in [5, 5.41) is 10.8. The molecule has 2 aromatic carbocycles. The van der Waals surface area contributed by atoms with Crippen LogP contribution in [0, 0.1) is 15.9 Å². The monoisotopic (exact) mass is 289 g/mol. The number of hydrogen-bond acceptors (Lipinski definition) is 4. The van der Waals surface area contributed by atoms with Crippen molar-refractivity contribution in [1.82, 2.24) is 0 Å². The Morgan fingerprint density at radius 1 is 1.14 bits per heavy atom. The minimum absolute atomic E-state index is 0.0179. The first kappa shape index (κ1) is 14.6. The lowest BCUT2D eigenvalue weighted by molar-refractivity contribution is -0.385. The largest absolute Gasteiger partial charge is 0.479 e. The Morgan fingerprint density at radius 3 is 2.52 bits per heavy atom. The number of nitrogens with zero attached hydrogens (tertiary/aromatic N) is 1. The first-order chi connectivity index (χ1) is 10.1. The summed E-state index contributed by atoms with van der Waals surface area (Å²) in [7, 11) is 0. The van der Waals surface area contributed by atoms with E-state index in [0.717, 1.165) is 0 Å². The van der Waals surface area contributed by atoms with Gasteiger partial charge in [-0.1, -0.05) is 30.3 Å². The number of nitro groups is 1. The molecular weight excluding hydrogens is 277 g/mol. The summed E-state index contributed by atoms with van der Waals surface area (Å²) in [6.45, 7) is -0.348. The molecule has 2 aromatic rings. The highest BCUT2D eigenvalue weighted by Gasteiger charge is 2.15. The first-order valence-corrected chi connectivity index (χ1v) is 6.19. The number of rotatable bonds is 6. The van der Waals surface area contributed by atoms with E-state index in [2.05, 4.69) is 0 Å². The molecule has 5 nitrogen and oxygen atoms in total. The third kappa shape index (κ3) is 3.85. The summed E-state index contributed by atoms with van der Waals surface area (Å²) in [5.41, 5.74) is 0.0600. The lowest BCUT2D eigenvalue weighted by Gasteiger charge is -2.06. The van der Waals surface area contributed by atoms with Crippen molar-refractivity contribution in [1.29, 1.82) is 0 Å². The highest BCUT2D eigenvalue weighted by Crippen LogP contribution is 2.25. The maximum Gasteiger partial charge on any atom is 0.310 e. The van der Waals surface area contributed by atoms with Gasteiger partial charge in [-0.05, 0) is 17.7 Å². The second kappa shape index (κ2) is 6.60. The summed E-state index contributed by atoms with van der Waals surface area (Å²) in [6, 6.07) is 11.7. The number of ether oxygens (including phenoxy) is 1. The summed E-state index contributed by atoms with van der Waals surface area (Å²) in [5.74, 6) is -0.806. The topological polar surface area (TPSA) is 69.4 Å². The first-order valence-electron chi connectivity index (χ1n) is 6.19. The Balaban J connectivity index is 1.99. The fraction of sp³-hybridized carbons (Fsp3) is 0.133. The van der Waals surface area contributed by atoms with Crippen molar-refractivity contribution in [3.05, 3.63) is 70.0 Å². The number of carbonyl (C=O) groups is 1. The van der Waals surface area contributed by atoms with E-state index < -0.39 is 10.7 Å². The number of para-hydroxylation sites is 2. The van der Waals surface area contributed by atoms with E-state index in [0.29, 0.717) is 0 Å². The van der Waals surface area contributed by atoms with Crippen LogP contribution in [0.1, 0.15) is 5.56 Å². The van der Waals surface area contributed by atoms with Crippen molar-refractivity contribution in [2.24, 2.45) is 0 Å². The molecule has 0 heterocycles. The molecule has 0 aliphatic rings. The lowest BCUT2D eigenvalue weighted by atomic mass is 10.1. The molecule has 0 aliphatic heterocycles. The van der Waals surface area contributed by atoms with Gasteiger partial charge in [-0.3, -0.25) is 14.9 Å². The van der Waals surface area contributed by atoms with E-state index in [1.54, 1.807) is 12.1 Å². The van der Waals surface area contributed by atoms with Crippen molar-refractivity contribution >= 4 is 11.5 Å². The van der Waals surface area contributed by atoms with E-state index in [-0.39, 0.29) is 35.8 Å². The molecule has 0 unspecified atom stereocenters. The SMILES string of the molecule is O=C(COc1ccccc1[N+](=O)[O-])Cc1ccccc1F. The minimum Gasteiger partial charge on any atom is -0.479 e. The van der Waals surface area contributed by atoms with Gasteiger partial charge in [-0.2, -0.15) is 0 Å². The Morgan fingerprint density at radius 2 is 1.81 bits per heavy atom. The van der Waals surface area contributed by atoms with E-state index in [4.69, 9.17) is 4.74 Å². The summed E-state index contributed by atoms with van der Waals surface area (Å²) >= 11 is 0. The van der Waals surface area contributed by atoms with Crippen LogP contribution < -0.4 is 4.74 Å². The molecule has 0 aliphatic carbocycles. The highest BCUT2D eigenvalue weighted by molar-refractivity contribution is 5.82. The number of hydrogen-bond donors (Lipinski definition) is 0. The van der Waals surface area contributed by atoms with E-state index in [1.165, 1.54) is 36.4 Å². The molecule has 0 fully saturated rings. The second-order valence-corrected chi connectivity index (χ2v) is 4.32. The molecule has 108 valence electrons. The molecule has 21 heavy (non-hydrogen) atoms. The van der Waals surface area contributed by atoms with E-state index >= 15 is 0 Å². The third-order valence-electron chi connectivity index (χ3n) is 2.80. The van der Waals surface area contributed by atoms with Crippen LogP contribution in [0.5, 0.6) is 5.75 Å². The van der Waals surface area contributed by atoms with Gasteiger partial charge in [0.1, 0.15) is 12.4 Å². The number of nitro benzene ring substituents is 1. The molecule has 0 aromatic heterocycles. The van der Waals surface area contributed by atoms with Gasteiger partial charge in [-0.25, -0.2) is 4.39 Å². The predicted octanol–water partition coefficient (Wildman–Crippen LogP) is 2.92. The number of benzene rings is 2. The molecule has 0 N–H and O–H groups in total. The van der Waals surface area contributed by atoms with Gasteiger partial charge in [0.25, 0.3) is 0 Å². The van der Waals surface area contributed by atoms with Crippen molar-refractivity contribution in [2.75, 3.05) is 6.61 Å². The lowest BCUT2D eigenvalue weighted by Crippen LogP contribution is -2.15. The zero-order valence-electron chi connectivity index (χ0n) is 11.0. The van der Waals surface area contributed by atoms with Crippen molar-refractivity contribution in [3.8, 4) is 5.75 Å². The van der Waals surface area contributed by atoms with Crippen LogP contribution >= 0.6 is 0 Å². The molecule has 6 heteroatoms. The molecule has 0 saturated heterocycles. The van der Waals surface area contributed by atoms with Crippen LogP contribution in [0.4, 0.5) is 10.1 Å². The third-order valence-corrected chi connectivity index (χ3v) is 2.80. The smallest absolute Gasteiger partial charge is 0.310 e. The van der Waals surface area contributed by atoms with Gasteiger partial charge in [0.05, 0.1) is 4.92 Å². The zero-order chi connectivity index (χ0) is 15.2. The fourth-order valence-corrected chi connectivity index (χ4v) is 1.79. The summed E-state index contributed by atoms with van der Waals surface area (Å²) in [4.78, 5) is 22.0. The van der Waals surface area contributed by atoms with Crippen molar-refractivity contribution in [2.45, 2.75) is 6.42 Å². The van der Waals surface area contributed by atoms with Crippen LogP contribution in [0.25, 0.3) is 0 Å². The minimum atomic E-state index is -0.587. The Labute approximate surface area is 120 Å². The van der Waals surface area contributed by atoms with Gasteiger partial charge in [0.15, 0.2) is 11.5 Å². The van der Waals surface area contributed by atoms with Crippen LogP contribution in [0.15, 0.2) is 48.5 Å². The van der Waals surface area contributed by atoms with E-state index in [1.807, 2.05) is 0 Å². The van der Waals surface area contributed by atoms with E-state index in [9.17, 15) is 19.3 Å².